The topological polar surface area (TPSA) is 76.1 Å². The van der Waals surface area contributed by atoms with Gasteiger partial charge in [-0.2, -0.15) is 13.2 Å². The number of hydrogen-bond acceptors (Lipinski definition) is 5. The van der Waals surface area contributed by atoms with Gasteiger partial charge in [-0.25, -0.2) is 4.79 Å². The molecule has 1 saturated heterocycles. The number of carboxylic acids is 1. The van der Waals surface area contributed by atoms with Gasteiger partial charge in [0, 0.05) is 23.7 Å². The molecule has 2 aromatic rings. The Labute approximate surface area is 188 Å². The quantitative estimate of drug-likeness (QED) is 0.675. The van der Waals surface area contributed by atoms with E-state index in [2.05, 4.69) is 0 Å². The van der Waals surface area contributed by atoms with Crippen molar-refractivity contribution >= 4 is 17.6 Å². The number of methoxy groups -OCH3 is 1. The zero-order valence-corrected chi connectivity index (χ0v) is 18.3. The number of benzene rings is 2. The minimum atomic E-state index is -4.48. The molecule has 176 valence electrons. The second-order valence-corrected chi connectivity index (χ2v) is 9.03. The molecule has 4 rings (SSSR count). The summed E-state index contributed by atoms with van der Waals surface area (Å²) in [7, 11) is 1.22. The summed E-state index contributed by atoms with van der Waals surface area (Å²) in [5.74, 6) is -2.52. The number of ether oxygens (including phenoxy) is 2. The number of fused-ring (bicyclic) bond motifs is 1. The van der Waals surface area contributed by atoms with Crippen LogP contribution in [0.5, 0.6) is 5.75 Å². The summed E-state index contributed by atoms with van der Waals surface area (Å²) < 4.78 is 50.3. The fourth-order valence-electron chi connectivity index (χ4n) is 4.68. The minimum Gasteiger partial charge on any atom is -0.488 e. The van der Waals surface area contributed by atoms with Crippen LogP contribution in [0.1, 0.15) is 42.9 Å². The first-order chi connectivity index (χ1) is 15.4. The van der Waals surface area contributed by atoms with Gasteiger partial charge in [0.1, 0.15) is 23.3 Å². The number of halogens is 3. The van der Waals surface area contributed by atoms with Crippen molar-refractivity contribution < 1.29 is 37.3 Å². The van der Waals surface area contributed by atoms with Crippen molar-refractivity contribution in [3.05, 3.63) is 59.2 Å². The fraction of sp³-hybridized carbons (Fsp3) is 0.417. The number of carbonyl (C=O) groups excluding carboxylic acids is 1. The summed E-state index contributed by atoms with van der Waals surface area (Å²) in [6.07, 6.45) is -3.95. The van der Waals surface area contributed by atoms with E-state index in [-0.39, 0.29) is 18.2 Å². The number of esters is 1. The molecule has 0 saturated carbocycles. The van der Waals surface area contributed by atoms with Gasteiger partial charge in [0.05, 0.1) is 12.7 Å². The maximum atomic E-state index is 13.2. The maximum absolute atomic E-state index is 13.2. The predicted octanol–water partition coefficient (Wildman–Crippen LogP) is 4.46. The third kappa shape index (κ3) is 4.24. The largest absolute Gasteiger partial charge is 0.488 e. The van der Waals surface area contributed by atoms with Crippen LogP contribution in [-0.4, -0.2) is 42.3 Å². The minimum absolute atomic E-state index is 0.189. The van der Waals surface area contributed by atoms with Crippen LogP contribution >= 0.6 is 0 Å². The van der Waals surface area contributed by atoms with E-state index >= 15 is 0 Å². The number of carbonyl (C=O) groups is 2. The van der Waals surface area contributed by atoms with Crippen molar-refractivity contribution in [2.24, 2.45) is 5.92 Å². The molecule has 0 aliphatic carbocycles. The molecule has 33 heavy (non-hydrogen) atoms. The van der Waals surface area contributed by atoms with E-state index in [0.717, 1.165) is 17.7 Å². The molecular weight excluding hydrogens is 439 g/mol. The number of hydrogen-bond donors (Lipinski definition) is 1. The molecule has 6 nitrogen and oxygen atoms in total. The van der Waals surface area contributed by atoms with Crippen LogP contribution in [0.25, 0.3) is 0 Å². The van der Waals surface area contributed by atoms with Crippen LogP contribution in [0.3, 0.4) is 0 Å². The van der Waals surface area contributed by atoms with Crippen LogP contribution in [0, 0.1) is 5.92 Å². The highest BCUT2D eigenvalue weighted by Crippen LogP contribution is 2.47. The van der Waals surface area contributed by atoms with E-state index in [0.29, 0.717) is 17.7 Å². The highest BCUT2D eigenvalue weighted by Gasteiger charge is 2.49. The number of alkyl halides is 3. The molecule has 0 amide bonds. The van der Waals surface area contributed by atoms with Gasteiger partial charge in [-0.05, 0) is 50.1 Å². The summed E-state index contributed by atoms with van der Waals surface area (Å²) in [4.78, 5) is 25.3. The molecule has 0 bridgehead atoms. The SMILES string of the molecule is COC(=O)C1CN(c2cccc(C3CC(C)(C)Oc4cc(C(F)(F)F)ccc43)c2)C1C(=O)O. The smallest absolute Gasteiger partial charge is 0.416 e. The van der Waals surface area contributed by atoms with Crippen molar-refractivity contribution in [2.75, 3.05) is 18.6 Å². The zero-order valence-electron chi connectivity index (χ0n) is 18.3. The van der Waals surface area contributed by atoms with E-state index < -0.39 is 41.2 Å². The lowest BCUT2D eigenvalue weighted by Gasteiger charge is -2.45. The molecule has 1 N–H and O–H groups in total. The maximum Gasteiger partial charge on any atom is 0.416 e. The third-order valence-corrected chi connectivity index (χ3v) is 6.27. The lowest BCUT2D eigenvalue weighted by molar-refractivity contribution is -0.155. The van der Waals surface area contributed by atoms with E-state index in [1.54, 1.807) is 17.0 Å². The van der Waals surface area contributed by atoms with Crippen LogP contribution in [-0.2, 0) is 20.5 Å². The Balaban J connectivity index is 1.69. The Hall–Kier alpha value is -3.23. The number of anilines is 1. The molecule has 3 atom stereocenters. The van der Waals surface area contributed by atoms with Gasteiger partial charge in [0.15, 0.2) is 0 Å². The third-order valence-electron chi connectivity index (χ3n) is 6.27. The lowest BCUT2D eigenvalue weighted by Crippen LogP contribution is -2.63. The Bertz CT molecular complexity index is 1100. The monoisotopic (exact) mass is 463 g/mol. The second-order valence-electron chi connectivity index (χ2n) is 9.03. The standard InChI is InChI=1S/C24H24F3NO5/c1-23(2)11-17(16-8-7-14(24(25,26)27)10-19(16)33-23)13-5-4-6-15(9-13)28-12-18(22(31)32-3)20(28)21(29)30/h4-10,17-18,20H,11-12H2,1-3H3,(H,29,30). The highest BCUT2D eigenvalue weighted by atomic mass is 19.4. The highest BCUT2D eigenvalue weighted by molar-refractivity contribution is 5.90. The van der Waals surface area contributed by atoms with E-state index in [9.17, 15) is 27.9 Å². The number of carboxylic acid groups (broad SMARTS) is 1. The van der Waals surface area contributed by atoms with Gasteiger partial charge >= 0.3 is 18.1 Å². The summed E-state index contributed by atoms with van der Waals surface area (Å²) >= 11 is 0. The number of rotatable bonds is 4. The van der Waals surface area contributed by atoms with Gasteiger partial charge in [0.25, 0.3) is 0 Å². The molecule has 2 aliphatic rings. The molecular formula is C24H24F3NO5. The van der Waals surface area contributed by atoms with Crippen molar-refractivity contribution in [1.29, 1.82) is 0 Å². The average molecular weight is 463 g/mol. The van der Waals surface area contributed by atoms with Crippen molar-refractivity contribution in [3.63, 3.8) is 0 Å². The van der Waals surface area contributed by atoms with E-state index in [1.165, 1.54) is 13.2 Å². The first-order valence-corrected chi connectivity index (χ1v) is 10.5. The Kier molecular flexibility index (Phi) is 5.54. The van der Waals surface area contributed by atoms with E-state index in [1.807, 2.05) is 26.0 Å². The van der Waals surface area contributed by atoms with Gasteiger partial charge in [-0.3, -0.25) is 4.79 Å². The fourth-order valence-corrected chi connectivity index (χ4v) is 4.68. The Morgan fingerprint density at radius 2 is 1.91 bits per heavy atom. The van der Waals surface area contributed by atoms with Crippen molar-refractivity contribution in [3.8, 4) is 5.75 Å². The number of aliphatic carboxylic acids is 1. The Morgan fingerprint density at radius 3 is 2.55 bits per heavy atom. The first-order valence-electron chi connectivity index (χ1n) is 10.5. The van der Waals surface area contributed by atoms with Gasteiger partial charge < -0.3 is 19.5 Å². The van der Waals surface area contributed by atoms with Crippen LogP contribution < -0.4 is 9.64 Å². The molecule has 0 radical (unpaired) electrons. The molecule has 3 unspecified atom stereocenters. The van der Waals surface area contributed by atoms with Crippen molar-refractivity contribution in [2.45, 2.75) is 44.0 Å². The molecule has 9 heteroatoms. The predicted molar refractivity (Wildman–Crippen MR) is 113 cm³/mol. The molecule has 2 aromatic carbocycles. The lowest BCUT2D eigenvalue weighted by atomic mass is 9.79. The van der Waals surface area contributed by atoms with Gasteiger partial charge in [0.2, 0.25) is 0 Å². The van der Waals surface area contributed by atoms with Crippen LogP contribution in [0.2, 0.25) is 0 Å². The molecule has 2 aliphatic heterocycles. The zero-order chi connectivity index (χ0) is 24.1. The summed E-state index contributed by atoms with van der Waals surface area (Å²) in [6.45, 7) is 3.85. The Morgan fingerprint density at radius 1 is 1.18 bits per heavy atom. The summed E-state index contributed by atoms with van der Waals surface area (Å²) in [5, 5.41) is 9.63. The normalized spacial score (nSPS) is 23.7. The van der Waals surface area contributed by atoms with E-state index in [4.69, 9.17) is 9.47 Å². The summed E-state index contributed by atoms with van der Waals surface area (Å²) in [6, 6.07) is 9.72. The summed E-state index contributed by atoms with van der Waals surface area (Å²) in [5.41, 5.74) is 0.623. The molecule has 2 heterocycles. The molecule has 0 spiro atoms. The van der Waals surface area contributed by atoms with Crippen molar-refractivity contribution in [1.82, 2.24) is 0 Å². The first kappa shape index (κ1) is 22.9. The van der Waals surface area contributed by atoms with Gasteiger partial charge in [-0.1, -0.05) is 18.2 Å². The second kappa shape index (κ2) is 7.97. The number of nitrogens with zero attached hydrogens (tertiary/aromatic N) is 1. The average Bonchev–Trinajstić information content (AvgIpc) is 2.70. The molecule has 1 fully saturated rings. The van der Waals surface area contributed by atoms with Gasteiger partial charge in [-0.15, -0.1) is 0 Å². The van der Waals surface area contributed by atoms with Crippen LogP contribution in [0.4, 0.5) is 18.9 Å². The molecule has 0 aromatic heterocycles. The van der Waals surface area contributed by atoms with Crippen LogP contribution in [0.15, 0.2) is 42.5 Å².